The Hall–Kier alpha value is -1.04. The number of aryl methyl sites for hydroxylation is 1. The maximum Gasteiger partial charge on any atom is 0.468 e. The summed E-state index contributed by atoms with van der Waals surface area (Å²) in [5.41, 5.74) is 5.69. The van der Waals surface area contributed by atoms with Crippen molar-refractivity contribution in [2.75, 3.05) is 6.54 Å². The molecule has 0 unspecified atom stereocenters. The summed E-state index contributed by atoms with van der Waals surface area (Å²) in [6, 6.07) is 0. The molecule has 0 aromatic carbocycles. The second-order valence-corrected chi connectivity index (χ2v) is 3.87. The van der Waals surface area contributed by atoms with E-state index in [4.69, 9.17) is 10.2 Å². The van der Waals surface area contributed by atoms with Crippen molar-refractivity contribution in [1.29, 1.82) is 0 Å². The van der Waals surface area contributed by atoms with Crippen LogP contribution in [-0.4, -0.2) is 11.5 Å². The quantitative estimate of drug-likeness (QED) is 0.874. The maximum absolute atomic E-state index is 12.4. The molecule has 16 heavy (non-hydrogen) atoms. The SMILES string of the molecule is CC(C)c1nc(C(F)(F)F)oc1CCCN. The molecule has 0 spiro atoms. The normalized spacial score (nSPS) is 12.4. The lowest BCUT2D eigenvalue weighted by atomic mass is 10.1. The van der Waals surface area contributed by atoms with Crippen LogP contribution in [0.4, 0.5) is 13.2 Å². The van der Waals surface area contributed by atoms with E-state index in [0.29, 0.717) is 30.8 Å². The third kappa shape index (κ3) is 2.98. The average Bonchev–Trinajstić information content (AvgIpc) is 2.57. The number of rotatable bonds is 4. The van der Waals surface area contributed by atoms with E-state index >= 15 is 0 Å². The number of nitrogens with two attached hydrogens (primary N) is 1. The summed E-state index contributed by atoms with van der Waals surface area (Å²) in [6.45, 7) is 3.98. The van der Waals surface area contributed by atoms with E-state index in [1.807, 2.05) is 0 Å². The molecule has 92 valence electrons. The highest BCUT2D eigenvalue weighted by Crippen LogP contribution is 2.32. The Kier molecular flexibility index (Phi) is 3.96. The van der Waals surface area contributed by atoms with Gasteiger partial charge in [-0.2, -0.15) is 13.2 Å². The van der Waals surface area contributed by atoms with Crippen LogP contribution in [-0.2, 0) is 12.6 Å². The van der Waals surface area contributed by atoms with E-state index in [9.17, 15) is 13.2 Å². The molecule has 3 nitrogen and oxygen atoms in total. The first-order valence-corrected chi connectivity index (χ1v) is 5.13. The predicted octanol–water partition coefficient (Wildman–Crippen LogP) is 2.71. The summed E-state index contributed by atoms with van der Waals surface area (Å²) in [7, 11) is 0. The van der Waals surface area contributed by atoms with Crippen LogP contribution < -0.4 is 5.73 Å². The number of halogens is 3. The van der Waals surface area contributed by atoms with Gasteiger partial charge in [0.15, 0.2) is 0 Å². The van der Waals surface area contributed by atoms with Crippen LogP contribution in [0.1, 0.15) is 43.5 Å². The summed E-state index contributed by atoms with van der Waals surface area (Å²) in [6.07, 6.45) is -3.54. The van der Waals surface area contributed by atoms with Crippen molar-refractivity contribution in [3.8, 4) is 0 Å². The van der Waals surface area contributed by atoms with Gasteiger partial charge in [0.05, 0.1) is 5.69 Å². The summed E-state index contributed by atoms with van der Waals surface area (Å²) in [4.78, 5) is 3.50. The molecule has 0 amide bonds. The second kappa shape index (κ2) is 4.86. The fourth-order valence-corrected chi connectivity index (χ4v) is 1.38. The number of alkyl halides is 3. The van der Waals surface area contributed by atoms with Crippen molar-refractivity contribution in [3.63, 3.8) is 0 Å². The van der Waals surface area contributed by atoms with Crippen LogP contribution in [0.2, 0.25) is 0 Å². The molecule has 0 atom stereocenters. The summed E-state index contributed by atoms with van der Waals surface area (Å²) in [5.74, 6) is -0.955. The van der Waals surface area contributed by atoms with Gasteiger partial charge in [0, 0.05) is 6.42 Å². The predicted molar refractivity (Wildman–Crippen MR) is 53.0 cm³/mol. The van der Waals surface area contributed by atoms with E-state index in [2.05, 4.69) is 4.98 Å². The van der Waals surface area contributed by atoms with E-state index in [1.54, 1.807) is 13.8 Å². The van der Waals surface area contributed by atoms with Crippen molar-refractivity contribution in [2.45, 2.75) is 38.8 Å². The highest BCUT2D eigenvalue weighted by molar-refractivity contribution is 5.15. The van der Waals surface area contributed by atoms with Gasteiger partial charge in [0.1, 0.15) is 5.76 Å². The van der Waals surface area contributed by atoms with E-state index < -0.39 is 12.1 Å². The van der Waals surface area contributed by atoms with Crippen molar-refractivity contribution in [3.05, 3.63) is 17.3 Å². The first-order chi connectivity index (χ1) is 7.36. The molecule has 0 aliphatic carbocycles. The zero-order chi connectivity index (χ0) is 12.3. The number of nitrogens with zero attached hydrogens (tertiary/aromatic N) is 1. The largest absolute Gasteiger partial charge is 0.468 e. The lowest BCUT2D eigenvalue weighted by Crippen LogP contribution is -2.05. The molecule has 0 aliphatic rings. The molecule has 0 saturated heterocycles. The Balaban J connectivity index is 3.00. The molecule has 2 N–H and O–H groups in total. The first-order valence-electron chi connectivity index (χ1n) is 5.13. The maximum atomic E-state index is 12.4. The van der Waals surface area contributed by atoms with Gasteiger partial charge in [-0.3, -0.25) is 0 Å². The molecule has 6 heteroatoms. The highest BCUT2D eigenvalue weighted by atomic mass is 19.4. The molecule has 1 rings (SSSR count). The van der Waals surface area contributed by atoms with Gasteiger partial charge >= 0.3 is 12.1 Å². The van der Waals surface area contributed by atoms with Crippen LogP contribution in [0.5, 0.6) is 0 Å². The second-order valence-electron chi connectivity index (χ2n) is 3.87. The van der Waals surface area contributed by atoms with Crippen LogP contribution in [0.15, 0.2) is 4.42 Å². The molecule has 1 heterocycles. The average molecular weight is 236 g/mol. The number of oxazole rings is 1. The highest BCUT2D eigenvalue weighted by Gasteiger charge is 2.38. The van der Waals surface area contributed by atoms with Gasteiger partial charge in [0.2, 0.25) is 0 Å². The van der Waals surface area contributed by atoms with Gasteiger partial charge < -0.3 is 10.2 Å². The fourth-order valence-electron chi connectivity index (χ4n) is 1.38. The Morgan fingerprint density at radius 1 is 1.38 bits per heavy atom. The van der Waals surface area contributed by atoms with Gasteiger partial charge in [-0.05, 0) is 18.9 Å². The zero-order valence-corrected chi connectivity index (χ0v) is 9.27. The third-order valence-electron chi connectivity index (χ3n) is 2.12. The molecule has 1 aromatic rings. The Bertz CT molecular complexity index is 344. The standard InChI is InChI=1S/C10H15F3N2O/c1-6(2)8-7(4-3-5-14)16-9(15-8)10(11,12)13/h6H,3-5,14H2,1-2H3. The van der Waals surface area contributed by atoms with Gasteiger partial charge in [-0.1, -0.05) is 13.8 Å². The number of hydrogen-bond donors (Lipinski definition) is 1. The Labute approximate surface area is 91.8 Å². The van der Waals surface area contributed by atoms with Crippen molar-refractivity contribution < 1.29 is 17.6 Å². The van der Waals surface area contributed by atoms with Gasteiger partial charge in [-0.25, -0.2) is 4.98 Å². The van der Waals surface area contributed by atoms with E-state index in [1.165, 1.54) is 0 Å². The summed E-state index contributed by atoms with van der Waals surface area (Å²) >= 11 is 0. The van der Waals surface area contributed by atoms with Crippen molar-refractivity contribution >= 4 is 0 Å². The lowest BCUT2D eigenvalue weighted by molar-refractivity contribution is -0.157. The van der Waals surface area contributed by atoms with Crippen LogP contribution in [0.25, 0.3) is 0 Å². The number of hydrogen-bond acceptors (Lipinski definition) is 3. The summed E-state index contributed by atoms with van der Waals surface area (Å²) < 4.78 is 41.9. The molecule has 1 aromatic heterocycles. The topological polar surface area (TPSA) is 52.0 Å². The summed E-state index contributed by atoms with van der Waals surface area (Å²) in [5, 5.41) is 0. The minimum Gasteiger partial charge on any atom is -0.438 e. The van der Waals surface area contributed by atoms with Crippen molar-refractivity contribution in [1.82, 2.24) is 4.98 Å². The zero-order valence-electron chi connectivity index (χ0n) is 9.27. The fraction of sp³-hybridized carbons (Fsp3) is 0.700. The van der Waals surface area contributed by atoms with E-state index in [0.717, 1.165) is 0 Å². The number of aromatic nitrogens is 1. The molecule has 0 fully saturated rings. The van der Waals surface area contributed by atoms with Crippen LogP contribution in [0.3, 0.4) is 0 Å². The monoisotopic (exact) mass is 236 g/mol. The minimum atomic E-state index is -4.52. The first kappa shape index (κ1) is 13.0. The lowest BCUT2D eigenvalue weighted by Gasteiger charge is -2.02. The molecule has 0 radical (unpaired) electrons. The Morgan fingerprint density at radius 2 is 2.00 bits per heavy atom. The molecule has 0 saturated carbocycles. The molecular weight excluding hydrogens is 221 g/mol. The minimum absolute atomic E-state index is 0.0902. The van der Waals surface area contributed by atoms with Crippen LogP contribution in [0, 0.1) is 0 Å². The molecule has 0 aliphatic heterocycles. The van der Waals surface area contributed by atoms with Crippen molar-refractivity contribution in [2.24, 2.45) is 5.73 Å². The molecule has 0 bridgehead atoms. The third-order valence-corrected chi connectivity index (χ3v) is 2.12. The van der Waals surface area contributed by atoms with Crippen LogP contribution >= 0.6 is 0 Å². The van der Waals surface area contributed by atoms with Gasteiger partial charge in [0.25, 0.3) is 0 Å². The smallest absolute Gasteiger partial charge is 0.438 e. The molecular formula is C10H15F3N2O. The van der Waals surface area contributed by atoms with E-state index in [-0.39, 0.29) is 5.92 Å². The van der Waals surface area contributed by atoms with Gasteiger partial charge in [-0.15, -0.1) is 0 Å². The Morgan fingerprint density at radius 3 is 2.44 bits per heavy atom.